The van der Waals surface area contributed by atoms with Crippen LogP contribution in [0.5, 0.6) is 0 Å². The minimum absolute atomic E-state index is 0. The van der Waals surface area contributed by atoms with Crippen LogP contribution in [0.3, 0.4) is 0 Å². The van der Waals surface area contributed by atoms with Crippen LogP contribution < -0.4 is 5.32 Å². The SMILES string of the molecule is CN=C(NCc1cn2ccc(C)cc2n1)N1CCC(C(=O)OC)CC1.I. The summed E-state index contributed by atoms with van der Waals surface area (Å²) in [5, 5.41) is 3.37. The summed E-state index contributed by atoms with van der Waals surface area (Å²) in [7, 11) is 3.23. The molecular weight excluding hydrogens is 445 g/mol. The van der Waals surface area contributed by atoms with Crippen LogP contribution in [-0.2, 0) is 16.1 Å². The molecular formula is C18H26IN5O2. The van der Waals surface area contributed by atoms with Gasteiger partial charge in [-0.1, -0.05) is 0 Å². The number of aliphatic imine (C=N–C) groups is 1. The van der Waals surface area contributed by atoms with Crippen molar-refractivity contribution in [1.82, 2.24) is 19.6 Å². The van der Waals surface area contributed by atoms with Crippen LogP contribution in [0.25, 0.3) is 5.65 Å². The lowest BCUT2D eigenvalue weighted by molar-refractivity contribution is -0.146. The molecule has 26 heavy (non-hydrogen) atoms. The molecule has 0 spiro atoms. The van der Waals surface area contributed by atoms with Crippen molar-refractivity contribution in [1.29, 1.82) is 0 Å². The number of fused-ring (bicyclic) bond motifs is 1. The minimum Gasteiger partial charge on any atom is -0.469 e. The Morgan fingerprint density at radius 3 is 2.81 bits per heavy atom. The number of carbonyl (C=O) groups is 1. The van der Waals surface area contributed by atoms with E-state index in [1.165, 1.54) is 12.7 Å². The molecule has 1 saturated heterocycles. The third kappa shape index (κ3) is 4.66. The van der Waals surface area contributed by atoms with Crippen LogP contribution in [-0.4, -0.2) is 53.5 Å². The maximum absolute atomic E-state index is 11.6. The average Bonchev–Trinajstić information content (AvgIpc) is 3.04. The Bertz CT molecular complexity index is 781. The molecule has 0 saturated carbocycles. The largest absolute Gasteiger partial charge is 0.469 e. The first-order valence-electron chi connectivity index (χ1n) is 8.58. The molecule has 0 aliphatic carbocycles. The molecule has 0 bridgehead atoms. The van der Waals surface area contributed by atoms with Crippen molar-refractivity contribution in [3.8, 4) is 0 Å². The topological polar surface area (TPSA) is 71.2 Å². The highest BCUT2D eigenvalue weighted by Crippen LogP contribution is 2.18. The number of pyridine rings is 1. The predicted octanol–water partition coefficient (Wildman–Crippen LogP) is 2.22. The van der Waals surface area contributed by atoms with Crippen molar-refractivity contribution >= 4 is 41.6 Å². The summed E-state index contributed by atoms with van der Waals surface area (Å²) >= 11 is 0. The average molecular weight is 471 g/mol. The molecule has 0 amide bonds. The van der Waals surface area contributed by atoms with E-state index >= 15 is 0 Å². The summed E-state index contributed by atoms with van der Waals surface area (Å²) in [5.41, 5.74) is 3.11. The second-order valence-corrected chi connectivity index (χ2v) is 6.39. The molecule has 1 aliphatic heterocycles. The molecule has 8 heteroatoms. The lowest BCUT2D eigenvalue weighted by atomic mass is 9.97. The number of nitrogens with zero attached hydrogens (tertiary/aromatic N) is 4. The van der Waals surface area contributed by atoms with Crippen molar-refractivity contribution in [2.24, 2.45) is 10.9 Å². The van der Waals surface area contributed by atoms with Gasteiger partial charge >= 0.3 is 5.97 Å². The van der Waals surface area contributed by atoms with Gasteiger partial charge in [0, 0.05) is 32.5 Å². The first-order valence-corrected chi connectivity index (χ1v) is 8.58. The van der Waals surface area contributed by atoms with Crippen molar-refractivity contribution in [2.75, 3.05) is 27.2 Å². The number of methoxy groups -OCH3 is 1. The van der Waals surface area contributed by atoms with Gasteiger partial charge in [-0.25, -0.2) is 4.98 Å². The lowest BCUT2D eigenvalue weighted by Crippen LogP contribution is -2.46. The van der Waals surface area contributed by atoms with E-state index in [9.17, 15) is 4.79 Å². The predicted molar refractivity (Wildman–Crippen MR) is 112 cm³/mol. The van der Waals surface area contributed by atoms with Crippen LogP contribution in [0.2, 0.25) is 0 Å². The highest BCUT2D eigenvalue weighted by atomic mass is 127. The standard InChI is InChI=1S/C18H25N5O2.HI/c1-13-4-7-23-12-15(21-16(23)10-13)11-20-18(19-2)22-8-5-14(6-9-22)17(24)25-3;/h4,7,10,12,14H,5-6,8-9,11H2,1-3H3,(H,19,20);1H. The zero-order valence-electron chi connectivity index (χ0n) is 15.4. The quantitative estimate of drug-likeness (QED) is 0.322. The number of rotatable bonds is 3. The van der Waals surface area contributed by atoms with Crippen molar-refractivity contribution < 1.29 is 9.53 Å². The van der Waals surface area contributed by atoms with Gasteiger partial charge in [-0.2, -0.15) is 0 Å². The minimum atomic E-state index is -0.109. The van der Waals surface area contributed by atoms with Crippen molar-refractivity contribution in [3.05, 3.63) is 35.8 Å². The smallest absolute Gasteiger partial charge is 0.308 e. The van der Waals surface area contributed by atoms with Crippen molar-refractivity contribution in [2.45, 2.75) is 26.3 Å². The highest BCUT2D eigenvalue weighted by Gasteiger charge is 2.26. The van der Waals surface area contributed by atoms with Gasteiger partial charge in [0.1, 0.15) is 5.65 Å². The third-order valence-corrected chi connectivity index (χ3v) is 4.63. The van der Waals surface area contributed by atoms with Crippen LogP contribution in [0, 0.1) is 12.8 Å². The number of carbonyl (C=O) groups excluding carboxylic acids is 1. The van der Waals surface area contributed by atoms with E-state index in [-0.39, 0.29) is 35.9 Å². The van der Waals surface area contributed by atoms with Gasteiger partial charge < -0.3 is 19.4 Å². The van der Waals surface area contributed by atoms with E-state index in [2.05, 4.69) is 39.2 Å². The van der Waals surface area contributed by atoms with E-state index in [4.69, 9.17) is 4.74 Å². The summed E-state index contributed by atoms with van der Waals surface area (Å²) in [6.45, 7) is 4.27. The number of likely N-dealkylation sites (tertiary alicyclic amines) is 1. The molecule has 0 radical (unpaired) electrons. The molecule has 1 N–H and O–H groups in total. The Hall–Kier alpha value is -1.84. The van der Waals surface area contributed by atoms with Crippen LogP contribution in [0.4, 0.5) is 0 Å². The number of guanidine groups is 1. The number of piperidine rings is 1. The second kappa shape index (κ2) is 9.20. The normalized spacial score (nSPS) is 15.7. The van der Waals surface area contributed by atoms with Crippen molar-refractivity contribution in [3.63, 3.8) is 0 Å². The van der Waals surface area contributed by atoms with Gasteiger partial charge in [-0.3, -0.25) is 9.79 Å². The molecule has 1 aliphatic rings. The molecule has 3 heterocycles. The molecule has 142 valence electrons. The van der Waals surface area contributed by atoms with Crippen LogP contribution in [0.1, 0.15) is 24.1 Å². The number of nitrogens with one attached hydrogen (secondary N) is 1. The molecule has 0 unspecified atom stereocenters. The fourth-order valence-corrected chi connectivity index (χ4v) is 3.22. The summed E-state index contributed by atoms with van der Waals surface area (Å²) in [5.74, 6) is 0.736. The number of aryl methyl sites for hydroxylation is 1. The van der Waals surface area contributed by atoms with E-state index in [0.717, 1.165) is 43.2 Å². The van der Waals surface area contributed by atoms with Crippen LogP contribution in [0.15, 0.2) is 29.5 Å². The zero-order chi connectivity index (χ0) is 17.8. The number of aromatic nitrogens is 2. The van der Waals surface area contributed by atoms with Gasteiger partial charge in [0.2, 0.25) is 0 Å². The highest BCUT2D eigenvalue weighted by molar-refractivity contribution is 14.0. The number of ether oxygens (including phenoxy) is 1. The van der Waals surface area contributed by atoms with E-state index in [0.29, 0.717) is 6.54 Å². The zero-order valence-corrected chi connectivity index (χ0v) is 17.8. The molecule has 2 aromatic rings. The monoisotopic (exact) mass is 471 g/mol. The summed E-state index contributed by atoms with van der Waals surface area (Å²) in [6, 6.07) is 4.13. The first kappa shape index (κ1) is 20.5. The molecule has 0 atom stereocenters. The molecule has 2 aromatic heterocycles. The number of esters is 1. The summed E-state index contributed by atoms with van der Waals surface area (Å²) in [4.78, 5) is 22.8. The molecule has 3 rings (SSSR count). The van der Waals surface area contributed by atoms with Crippen LogP contribution >= 0.6 is 24.0 Å². The van der Waals surface area contributed by atoms with Gasteiger partial charge in [0.25, 0.3) is 0 Å². The number of halogens is 1. The van der Waals surface area contributed by atoms with Gasteiger partial charge in [-0.05, 0) is 37.5 Å². The Morgan fingerprint density at radius 2 is 2.15 bits per heavy atom. The first-order chi connectivity index (χ1) is 12.1. The van der Waals surface area contributed by atoms with Gasteiger partial charge in [0.15, 0.2) is 5.96 Å². The van der Waals surface area contributed by atoms with E-state index in [1.54, 1.807) is 7.05 Å². The Labute approximate surface area is 170 Å². The Balaban J connectivity index is 0.00000243. The van der Waals surface area contributed by atoms with Gasteiger partial charge in [0.05, 0.1) is 25.3 Å². The number of imidazole rings is 1. The fourth-order valence-electron chi connectivity index (χ4n) is 3.22. The lowest BCUT2D eigenvalue weighted by Gasteiger charge is -2.33. The second-order valence-electron chi connectivity index (χ2n) is 6.39. The maximum atomic E-state index is 11.6. The molecule has 0 aromatic carbocycles. The van der Waals surface area contributed by atoms with E-state index < -0.39 is 0 Å². The van der Waals surface area contributed by atoms with Gasteiger partial charge in [-0.15, -0.1) is 24.0 Å². The number of hydrogen-bond donors (Lipinski definition) is 1. The Morgan fingerprint density at radius 1 is 1.42 bits per heavy atom. The Kier molecular flexibility index (Phi) is 7.24. The summed E-state index contributed by atoms with van der Waals surface area (Å²) in [6.07, 6.45) is 5.63. The number of hydrogen-bond acceptors (Lipinski definition) is 4. The third-order valence-electron chi connectivity index (χ3n) is 4.63. The summed E-state index contributed by atoms with van der Waals surface area (Å²) < 4.78 is 6.86. The molecule has 1 fully saturated rings. The molecule has 7 nitrogen and oxygen atoms in total. The maximum Gasteiger partial charge on any atom is 0.308 e. The fraction of sp³-hybridized carbons (Fsp3) is 0.500. The van der Waals surface area contributed by atoms with E-state index in [1.807, 2.05) is 16.8 Å².